The molecule has 120 valence electrons. The van der Waals surface area contributed by atoms with Crippen LogP contribution in [0, 0.1) is 0 Å². The molecule has 2 atom stereocenters. The van der Waals surface area contributed by atoms with Gasteiger partial charge in [0.05, 0.1) is 0 Å². The van der Waals surface area contributed by atoms with E-state index in [1.807, 2.05) is 6.07 Å². The van der Waals surface area contributed by atoms with Crippen molar-refractivity contribution in [2.75, 3.05) is 6.61 Å². The fraction of sp³-hybridized carbons (Fsp3) is 0.647. The summed E-state index contributed by atoms with van der Waals surface area (Å²) in [6.45, 7) is 3.25. The molecule has 0 spiro atoms. The smallest absolute Gasteiger partial charge is 0.260 e. The summed E-state index contributed by atoms with van der Waals surface area (Å²) in [5.41, 5.74) is -1.47. The average Bonchev–Trinajstić information content (AvgIpc) is 2.52. The molecule has 0 aliphatic heterocycles. The molecule has 4 heteroatoms. The van der Waals surface area contributed by atoms with Gasteiger partial charge in [0.15, 0.2) is 0 Å². The first-order valence-corrected chi connectivity index (χ1v) is 7.81. The molecule has 2 unspecified atom stereocenters. The topological polar surface area (TPSA) is 69.9 Å². The number of aliphatic hydroxyl groups is 3. The van der Waals surface area contributed by atoms with E-state index in [9.17, 15) is 15.3 Å². The summed E-state index contributed by atoms with van der Waals surface area (Å²) in [7, 11) is 0. The van der Waals surface area contributed by atoms with Gasteiger partial charge in [0.25, 0.3) is 5.79 Å². The van der Waals surface area contributed by atoms with E-state index in [1.165, 1.54) is 0 Å². The van der Waals surface area contributed by atoms with Crippen molar-refractivity contribution in [2.24, 2.45) is 0 Å². The van der Waals surface area contributed by atoms with E-state index in [4.69, 9.17) is 4.74 Å². The second-order valence-electron chi connectivity index (χ2n) is 5.55. The summed E-state index contributed by atoms with van der Waals surface area (Å²) >= 11 is 0. The van der Waals surface area contributed by atoms with Crippen LogP contribution in [-0.2, 0) is 0 Å². The molecule has 21 heavy (non-hydrogen) atoms. The minimum absolute atomic E-state index is 0.309. The number of para-hydroxylation sites is 1. The highest BCUT2D eigenvalue weighted by Crippen LogP contribution is 2.33. The second kappa shape index (κ2) is 8.37. The molecule has 0 heterocycles. The summed E-state index contributed by atoms with van der Waals surface area (Å²) in [5.74, 6) is -1.57. The number of aliphatic hydroxyl groups excluding tert-OH is 1. The molecule has 0 aromatic heterocycles. The van der Waals surface area contributed by atoms with E-state index < -0.39 is 18.0 Å². The monoisotopic (exact) mass is 296 g/mol. The Labute approximate surface area is 127 Å². The molecule has 0 aliphatic carbocycles. The van der Waals surface area contributed by atoms with Gasteiger partial charge in [-0.05, 0) is 25.0 Å². The van der Waals surface area contributed by atoms with Crippen LogP contribution in [0.4, 0.5) is 0 Å². The standard InChI is InChI=1S/C17H28O4/c1-3-5-6-10-13-16(19,4-2)17(20,14-18)21-15-11-8-7-9-12-15/h7-9,11-12,18-20H,3-6,10,13-14H2,1-2H3. The van der Waals surface area contributed by atoms with Gasteiger partial charge in [-0.15, -0.1) is 0 Å². The van der Waals surface area contributed by atoms with Crippen LogP contribution in [0.3, 0.4) is 0 Å². The van der Waals surface area contributed by atoms with Gasteiger partial charge in [-0.3, -0.25) is 0 Å². The maximum Gasteiger partial charge on any atom is 0.260 e. The molecule has 3 N–H and O–H groups in total. The number of unbranched alkanes of at least 4 members (excludes halogenated alkanes) is 3. The third-order valence-corrected chi connectivity index (χ3v) is 4.00. The molecule has 1 aromatic carbocycles. The number of hydrogen-bond acceptors (Lipinski definition) is 4. The highest BCUT2D eigenvalue weighted by atomic mass is 16.7. The van der Waals surface area contributed by atoms with Crippen LogP contribution < -0.4 is 4.74 Å². The predicted molar refractivity (Wildman–Crippen MR) is 83.1 cm³/mol. The van der Waals surface area contributed by atoms with E-state index >= 15 is 0 Å². The highest BCUT2D eigenvalue weighted by molar-refractivity contribution is 5.22. The van der Waals surface area contributed by atoms with Crippen molar-refractivity contribution in [1.82, 2.24) is 0 Å². The molecule has 0 fully saturated rings. The van der Waals surface area contributed by atoms with Gasteiger partial charge in [-0.1, -0.05) is 57.7 Å². The highest BCUT2D eigenvalue weighted by Gasteiger charge is 2.49. The molecule has 0 saturated heterocycles. The maximum absolute atomic E-state index is 10.8. The fourth-order valence-electron chi connectivity index (χ4n) is 2.45. The summed E-state index contributed by atoms with van der Waals surface area (Å²) in [6.07, 6.45) is 4.69. The Morgan fingerprint density at radius 1 is 1.00 bits per heavy atom. The average molecular weight is 296 g/mol. The Hall–Kier alpha value is -1.10. The maximum atomic E-state index is 10.8. The zero-order valence-corrected chi connectivity index (χ0v) is 13.1. The molecule has 0 radical (unpaired) electrons. The van der Waals surface area contributed by atoms with Crippen molar-refractivity contribution in [3.8, 4) is 5.75 Å². The van der Waals surface area contributed by atoms with Gasteiger partial charge in [0.2, 0.25) is 0 Å². The molecular formula is C17H28O4. The first kappa shape index (κ1) is 18.0. The lowest BCUT2D eigenvalue weighted by molar-refractivity contribution is -0.277. The minimum Gasteiger partial charge on any atom is -0.457 e. The molecule has 0 bridgehead atoms. The zero-order valence-electron chi connectivity index (χ0n) is 13.1. The molecule has 1 aromatic rings. The summed E-state index contributed by atoms with van der Waals surface area (Å²) in [6, 6.07) is 8.77. The third-order valence-electron chi connectivity index (χ3n) is 4.00. The molecule has 0 amide bonds. The van der Waals surface area contributed by atoms with Crippen molar-refractivity contribution in [3.05, 3.63) is 30.3 Å². The lowest BCUT2D eigenvalue weighted by Gasteiger charge is -2.41. The quantitative estimate of drug-likeness (QED) is 0.459. The fourth-order valence-corrected chi connectivity index (χ4v) is 2.45. The Morgan fingerprint density at radius 2 is 1.67 bits per heavy atom. The van der Waals surface area contributed by atoms with Crippen LogP contribution in [0.1, 0.15) is 52.4 Å². The number of ether oxygens (including phenoxy) is 1. The molecule has 1 rings (SSSR count). The largest absolute Gasteiger partial charge is 0.457 e. The predicted octanol–water partition coefficient (Wildman–Crippen LogP) is 2.86. The number of benzene rings is 1. The van der Waals surface area contributed by atoms with Crippen LogP contribution in [-0.4, -0.2) is 33.3 Å². The van der Waals surface area contributed by atoms with Crippen LogP contribution in [0.15, 0.2) is 30.3 Å². The van der Waals surface area contributed by atoms with Crippen LogP contribution in [0.2, 0.25) is 0 Å². The first-order valence-electron chi connectivity index (χ1n) is 7.81. The van der Waals surface area contributed by atoms with E-state index in [1.54, 1.807) is 31.2 Å². The van der Waals surface area contributed by atoms with Crippen molar-refractivity contribution in [1.29, 1.82) is 0 Å². The van der Waals surface area contributed by atoms with Crippen molar-refractivity contribution in [2.45, 2.75) is 63.8 Å². The lowest BCUT2D eigenvalue weighted by atomic mass is 9.84. The van der Waals surface area contributed by atoms with Gasteiger partial charge in [0, 0.05) is 0 Å². The second-order valence-corrected chi connectivity index (χ2v) is 5.55. The molecule has 0 aliphatic rings. The van der Waals surface area contributed by atoms with Crippen molar-refractivity contribution in [3.63, 3.8) is 0 Å². The summed E-state index contributed by atoms with van der Waals surface area (Å²) in [5, 5.41) is 31.0. The van der Waals surface area contributed by atoms with Crippen molar-refractivity contribution >= 4 is 0 Å². The van der Waals surface area contributed by atoms with Crippen molar-refractivity contribution < 1.29 is 20.1 Å². The Bertz CT molecular complexity index is 395. The van der Waals surface area contributed by atoms with Gasteiger partial charge in [-0.25, -0.2) is 0 Å². The Morgan fingerprint density at radius 3 is 2.19 bits per heavy atom. The number of hydrogen-bond donors (Lipinski definition) is 3. The Balaban J connectivity index is 2.80. The third kappa shape index (κ3) is 4.70. The van der Waals surface area contributed by atoms with Gasteiger partial charge in [0.1, 0.15) is 18.0 Å². The van der Waals surface area contributed by atoms with E-state index in [0.29, 0.717) is 18.6 Å². The van der Waals surface area contributed by atoms with E-state index in [2.05, 4.69) is 6.92 Å². The SMILES string of the molecule is CCCCCCC(O)(CC)C(O)(CO)Oc1ccccc1. The first-order chi connectivity index (χ1) is 10.0. The van der Waals surface area contributed by atoms with Gasteiger partial charge in [-0.2, -0.15) is 0 Å². The van der Waals surface area contributed by atoms with Gasteiger partial charge >= 0.3 is 0 Å². The van der Waals surface area contributed by atoms with Gasteiger partial charge < -0.3 is 20.1 Å². The molecular weight excluding hydrogens is 268 g/mol. The number of rotatable bonds is 10. The van der Waals surface area contributed by atoms with Crippen LogP contribution in [0.25, 0.3) is 0 Å². The molecule has 0 saturated carbocycles. The van der Waals surface area contributed by atoms with Crippen LogP contribution in [0.5, 0.6) is 5.75 Å². The van der Waals surface area contributed by atoms with E-state index in [-0.39, 0.29) is 0 Å². The lowest BCUT2D eigenvalue weighted by Crippen LogP contribution is -2.60. The normalized spacial score (nSPS) is 17.0. The minimum atomic E-state index is -1.99. The zero-order chi connectivity index (χ0) is 15.8. The summed E-state index contributed by atoms with van der Waals surface area (Å²) in [4.78, 5) is 0. The van der Waals surface area contributed by atoms with E-state index in [0.717, 1.165) is 25.7 Å². The summed E-state index contributed by atoms with van der Waals surface area (Å²) < 4.78 is 5.52. The Kier molecular flexibility index (Phi) is 7.15. The van der Waals surface area contributed by atoms with Crippen LogP contribution >= 0.6 is 0 Å². The molecule has 4 nitrogen and oxygen atoms in total.